The molecule has 1 aliphatic heterocycles. The van der Waals surface area contributed by atoms with Gasteiger partial charge >= 0.3 is 0 Å². The summed E-state index contributed by atoms with van der Waals surface area (Å²) in [6.45, 7) is 3.03. The van der Waals surface area contributed by atoms with Crippen LogP contribution >= 0.6 is 0 Å². The molecule has 1 aromatic rings. The molecule has 0 aromatic carbocycles. The maximum atomic E-state index is 12.0. The molecule has 0 spiro atoms. The van der Waals surface area contributed by atoms with Crippen LogP contribution < -0.4 is 5.32 Å². The van der Waals surface area contributed by atoms with Crippen LogP contribution in [-0.2, 0) is 16.0 Å². The molecular weight excluding hydrogens is 258 g/mol. The Hall–Kier alpha value is -1.43. The van der Waals surface area contributed by atoms with E-state index in [9.17, 15) is 4.79 Å². The highest BCUT2D eigenvalue weighted by Gasteiger charge is 2.37. The molecule has 2 aliphatic rings. The van der Waals surface area contributed by atoms with Gasteiger partial charge in [-0.25, -0.2) is 0 Å². The second kappa shape index (κ2) is 5.52. The SMILES string of the molecule is CC1(C(=O)NCCc2noc(C3CCC3)n2)CCCO1. The topological polar surface area (TPSA) is 77.3 Å². The molecule has 0 bridgehead atoms. The average molecular weight is 279 g/mol. The predicted molar refractivity (Wildman–Crippen MR) is 71.2 cm³/mol. The fourth-order valence-electron chi connectivity index (χ4n) is 2.62. The van der Waals surface area contributed by atoms with Crippen molar-refractivity contribution < 1.29 is 14.1 Å². The van der Waals surface area contributed by atoms with Crippen LogP contribution in [0.25, 0.3) is 0 Å². The second-order valence-corrected chi connectivity index (χ2v) is 5.87. The zero-order valence-electron chi connectivity index (χ0n) is 11.9. The number of aromatic nitrogens is 2. The summed E-state index contributed by atoms with van der Waals surface area (Å²) in [5.41, 5.74) is -0.658. The molecule has 20 heavy (non-hydrogen) atoms. The van der Waals surface area contributed by atoms with Gasteiger partial charge in [-0.3, -0.25) is 4.79 Å². The van der Waals surface area contributed by atoms with Crippen molar-refractivity contribution in [3.63, 3.8) is 0 Å². The van der Waals surface area contributed by atoms with E-state index in [0.717, 1.165) is 31.6 Å². The summed E-state index contributed by atoms with van der Waals surface area (Å²) in [6.07, 6.45) is 5.86. The first-order valence-corrected chi connectivity index (χ1v) is 7.42. The van der Waals surface area contributed by atoms with Crippen molar-refractivity contribution >= 4 is 5.91 Å². The minimum absolute atomic E-state index is 0.0438. The Morgan fingerprint density at radius 2 is 2.30 bits per heavy atom. The summed E-state index contributed by atoms with van der Waals surface area (Å²) in [5.74, 6) is 1.84. The van der Waals surface area contributed by atoms with Crippen molar-refractivity contribution in [3.05, 3.63) is 11.7 Å². The molecule has 6 nitrogen and oxygen atoms in total. The van der Waals surface area contributed by atoms with Gasteiger partial charge in [0.25, 0.3) is 5.91 Å². The normalized spacial score (nSPS) is 26.4. The molecular formula is C14H21N3O3. The van der Waals surface area contributed by atoms with Crippen LogP contribution in [0.5, 0.6) is 0 Å². The fourth-order valence-corrected chi connectivity index (χ4v) is 2.62. The lowest BCUT2D eigenvalue weighted by molar-refractivity contribution is -0.139. The van der Waals surface area contributed by atoms with Gasteiger partial charge in [0, 0.05) is 25.5 Å². The summed E-state index contributed by atoms with van der Waals surface area (Å²) in [7, 11) is 0. The van der Waals surface area contributed by atoms with Crippen molar-refractivity contribution in [2.24, 2.45) is 0 Å². The van der Waals surface area contributed by atoms with E-state index >= 15 is 0 Å². The summed E-state index contributed by atoms with van der Waals surface area (Å²) in [6, 6.07) is 0. The zero-order valence-corrected chi connectivity index (χ0v) is 11.9. The Bertz CT molecular complexity index is 476. The van der Waals surface area contributed by atoms with E-state index < -0.39 is 5.60 Å². The average Bonchev–Trinajstić information content (AvgIpc) is 2.98. The van der Waals surface area contributed by atoms with Crippen LogP contribution in [-0.4, -0.2) is 34.8 Å². The first-order chi connectivity index (χ1) is 9.67. The summed E-state index contributed by atoms with van der Waals surface area (Å²) in [5, 5.41) is 6.86. The maximum absolute atomic E-state index is 12.0. The molecule has 0 radical (unpaired) electrons. The first-order valence-electron chi connectivity index (χ1n) is 7.42. The Kier molecular flexibility index (Phi) is 3.74. The number of amides is 1. The van der Waals surface area contributed by atoms with Crippen LogP contribution in [0.3, 0.4) is 0 Å². The summed E-state index contributed by atoms with van der Waals surface area (Å²) < 4.78 is 10.7. The zero-order chi connectivity index (χ0) is 14.0. The standard InChI is InChI=1S/C14H21N3O3/c1-14(7-3-9-19-14)13(18)15-8-6-11-16-12(20-17-11)10-4-2-5-10/h10H,2-9H2,1H3,(H,15,18). The highest BCUT2D eigenvalue weighted by atomic mass is 16.5. The largest absolute Gasteiger partial charge is 0.365 e. The summed E-state index contributed by atoms with van der Waals surface area (Å²) in [4.78, 5) is 16.4. The van der Waals surface area contributed by atoms with Crippen LogP contribution in [0.15, 0.2) is 4.52 Å². The van der Waals surface area contributed by atoms with Gasteiger partial charge < -0.3 is 14.6 Å². The van der Waals surface area contributed by atoms with Crippen molar-refractivity contribution in [1.29, 1.82) is 0 Å². The van der Waals surface area contributed by atoms with E-state index in [1.807, 2.05) is 6.92 Å². The molecule has 1 atom stereocenters. The third kappa shape index (κ3) is 2.70. The Morgan fingerprint density at radius 3 is 2.95 bits per heavy atom. The molecule has 1 saturated heterocycles. The minimum atomic E-state index is -0.658. The fraction of sp³-hybridized carbons (Fsp3) is 0.786. The van der Waals surface area contributed by atoms with Crippen molar-refractivity contribution in [1.82, 2.24) is 15.5 Å². The maximum Gasteiger partial charge on any atom is 0.251 e. The molecule has 1 aliphatic carbocycles. The molecule has 6 heteroatoms. The predicted octanol–water partition coefficient (Wildman–Crippen LogP) is 1.56. The number of hydrogen-bond acceptors (Lipinski definition) is 5. The van der Waals surface area contributed by atoms with E-state index in [1.54, 1.807) is 0 Å². The molecule has 1 amide bonds. The molecule has 2 fully saturated rings. The van der Waals surface area contributed by atoms with Crippen molar-refractivity contribution in [3.8, 4) is 0 Å². The van der Waals surface area contributed by atoms with Gasteiger partial charge in [0.15, 0.2) is 5.82 Å². The smallest absolute Gasteiger partial charge is 0.251 e. The molecule has 1 saturated carbocycles. The van der Waals surface area contributed by atoms with E-state index in [4.69, 9.17) is 9.26 Å². The second-order valence-electron chi connectivity index (χ2n) is 5.87. The molecule has 1 aromatic heterocycles. The number of ether oxygens (including phenoxy) is 1. The van der Waals surface area contributed by atoms with Crippen LogP contribution in [0.4, 0.5) is 0 Å². The van der Waals surface area contributed by atoms with Crippen LogP contribution in [0.1, 0.15) is 56.7 Å². The molecule has 3 rings (SSSR count). The Labute approximate surface area is 118 Å². The van der Waals surface area contributed by atoms with E-state index in [2.05, 4.69) is 15.5 Å². The van der Waals surface area contributed by atoms with Crippen molar-refractivity contribution in [2.45, 2.75) is 57.0 Å². The van der Waals surface area contributed by atoms with E-state index in [-0.39, 0.29) is 5.91 Å². The number of carbonyl (C=O) groups is 1. The van der Waals surface area contributed by atoms with Gasteiger partial charge in [-0.1, -0.05) is 11.6 Å². The van der Waals surface area contributed by atoms with E-state index in [0.29, 0.717) is 31.3 Å². The third-order valence-corrected chi connectivity index (χ3v) is 4.27. The van der Waals surface area contributed by atoms with Crippen LogP contribution in [0.2, 0.25) is 0 Å². The molecule has 2 heterocycles. The monoisotopic (exact) mass is 279 g/mol. The van der Waals surface area contributed by atoms with Crippen molar-refractivity contribution in [2.75, 3.05) is 13.2 Å². The lowest BCUT2D eigenvalue weighted by atomic mass is 9.85. The number of carbonyl (C=O) groups excluding carboxylic acids is 1. The van der Waals surface area contributed by atoms with Gasteiger partial charge in [-0.2, -0.15) is 4.98 Å². The van der Waals surface area contributed by atoms with Gasteiger partial charge in [0.1, 0.15) is 5.60 Å². The highest BCUT2D eigenvalue weighted by Crippen LogP contribution is 2.35. The van der Waals surface area contributed by atoms with Gasteiger partial charge in [-0.05, 0) is 32.6 Å². The molecule has 1 N–H and O–H groups in total. The number of nitrogens with one attached hydrogen (secondary N) is 1. The third-order valence-electron chi connectivity index (χ3n) is 4.27. The first kappa shape index (κ1) is 13.5. The lowest BCUT2D eigenvalue weighted by Gasteiger charge is -2.21. The van der Waals surface area contributed by atoms with Gasteiger partial charge in [0.05, 0.1) is 0 Å². The Morgan fingerprint density at radius 1 is 1.45 bits per heavy atom. The lowest BCUT2D eigenvalue weighted by Crippen LogP contribution is -2.44. The number of rotatable bonds is 5. The summed E-state index contributed by atoms with van der Waals surface area (Å²) >= 11 is 0. The number of hydrogen-bond donors (Lipinski definition) is 1. The van der Waals surface area contributed by atoms with Crippen LogP contribution in [0, 0.1) is 0 Å². The number of nitrogens with zero attached hydrogens (tertiary/aromatic N) is 2. The highest BCUT2D eigenvalue weighted by molar-refractivity contribution is 5.84. The van der Waals surface area contributed by atoms with E-state index in [1.165, 1.54) is 6.42 Å². The Balaban J connectivity index is 1.45. The molecule has 110 valence electrons. The quantitative estimate of drug-likeness (QED) is 0.885. The van der Waals surface area contributed by atoms with Gasteiger partial charge in [0.2, 0.25) is 5.89 Å². The minimum Gasteiger partial charge on any atom is -0.365 e. The van der Waals surface area contributed by atoms with Gasteiger partial charge in [-0.15, -0.1) is 0 Å². The molecule has 1 unspecified atom stereocenters.